The summed E-state index contributed by atoms with van der Waals surface area (Å²) in [5, 5.41) is 20.3. The van der Waals surface area contributed by atoms with Gasteiger partial charge in [0.25, 0.3) is 5.91 Å². The molecule has 0 saturated heterocycles. The second kappa shape index (κ2) is 8.07. The molecular weight excluding hydrogens is 465 g/mol. The topological polar surface area (TPSA) is 113 Å². The Bertz CT molecular complexity index is 1210. The van der Waals surface area contributed by atoms with Crippen LogP contribution in [0.3, 0.4) is 0 Å². The van der Waals surface area contributed by atoms with Gasteiger partial charge in [-0.3, -0.25) is 15.5 Å². The molecule has 0 radical (unpaired) electrons. The van der Waals surface area contributed by atoms with Crippen LogP contribution in [0.1, 0.15) is 15.4 Å². The fraction of sp³-hybridized carbons (Fsp3) is 0. The Labute approximate surface area is 175 Å². The van der Waals surface area contributed by atoms with Crippen LogP contribution in [-0.4, -0.2) is 27.3 Å². The van der Waals surface area contributed by atoms with Gasteiger partial charge in [-0.2, -0.15) is 0 Å². The van der Waals surface area contributed by atoms with Gasteiger partial charge in [0.05, 0.1) is 15.0 Å². The Morgan fingerprint density at radius 2 is 2.03 bits per heavy atom. The Morgan fingerprint density at radius 3 is 2.79 bits per heavy atom. The second-order valence-corrected chi connectivity index (χ2v) is 7.67. The molecule has 0 bridgehead atoms. The highest BCUT2D eigenvalue weighted by Crippen LogP contribution is 2.27. The normalized spacial score (nSPS) is 11.6. The molecule has 2 heterocycles. The van der Waals surface area contributed by atoms with E-state index >= 15 is 0 Å². The Kier molecular flexibility index (Phi) is 5.34. The summed E-state index contributed by atoms with van der Waals surface area (Å²) in [5.41, 5.74) is 2.19. The highest BCUT2D eigenvalue weighted by Gasteiger charge is 2.20. The van der Waals surface area contributed by atoms with E-state index in [9.17, 15) is 14.4 Å². The number of carbonyl (C=O) groups excluding carboxylic acids is 1. The Balaban J connectivity index is 1.61. The maximum Gasteiger partial charge on any atom is 0.267 e. The van der Waals surface area contributed by atoms with E-state index in [0.717, 1.165) is 10.1 Å². The molecule has 4 rings (SSSR count). The molecule has 29 heavy (non-hydrogen) atoms. The first-order valence-electron chi connectivity index (χ1n) is 8.12. The van der Waals surface area contributed by atoms with Gasteiger partial charge in [-0.15, -0.1) is 11.3 Å². The monoisotopic (exact) mass is 475 g/mol. The third-order valence-corrected chi connectivity index (χ3v) is 5.57. The van der Waals surface area contributed by atoms with Crippen LogP contribution in [0.15, 0.2) is 62.6 Å². The first-order chi connectivity index (χ1) is 14.0. The van der Waals surface area contributed by atoms with E-state index in [4.69, 9.17) is 4.63 Å². The van der Waals surface area contributed by atoms with E-state index in [0.29, 0.717) is 10.6 Å². The molecule has 11 heteroatoms. The van der Waals surface area contributed by atoms with Gasteiger partial charge in [0.1, 0.15) is 5.82 Å². The maximum absolute atomic E-state index is 13.4. The van der Waals surface area contributed by atoms with Crippen LogP contribution in [0.2, 0.25) is 0 Å². The van der Waals surface area contributed by atoms with Crippen LogP contribution in [-0.2, 0) is 0 Å². The molecule has 2 aromatic heterocycles. The van der Waals surface area contributed by atoms with E-state index in [2.05, 4.69) is 36.6 Å². The lowest BCUT2D eigenvalue weighted by molar-refractivity contribution is 0.102. The van der Waals surface area contributed by atoms with E-state index in [1.807, 2.05) is 29.7 Å². The minimum absolute atomic E-state index is 0.0255. The summed E-state index contributed by atoms with van der Waals surface area (Å²) in [5.74, 6) is -1.04. The van der Waals surface area contributed by atoms with Crippen LogP contribution < -0.4 is 10.8 Å². The zero-order valence-corrected chi connectivity index (χ0v) is 16.8. The van der Waals surface area contributed by atoms with Gasteiger partial charge in [-0.05, 0) is 62.0 Å². The van der Waals surface area contributed by atoms with Crippen LogP contribution in [0.4, 0.5) is 15.9 Å². The average Bonchev–Trinajstić information content (AvgIpc) is 3.35. The number of carbonyl (C=O) groups is 1. The van der Waals surface area contributed by atoms with Crippen LogP contribution in [0.5, 0.6) is 0 Å². The summed E-state index contributed by atoms with van der Waals surface area (Å²) in [6.07, 6.45) is 0. The largest absolute Gasteiger partial charge is 0.301 e. The second-order valence-electron chi connectivity index (χ2n) is 5.73. The van der Waals surface area contributed by atoms with Crippen molar-refractivity contribution in [3.8, 4) is 0 Å². The third kappa shape index (κ3) is 4.01. The molecule has 146 valence electrons. The third-order valence-electron chi connectivity index (χ3n) is 3.84. The average molecular weight is 476 g/mol. The molecular formula is C18H11BrFN5O3S. The van der Waals surface area contributed by atoms with Crippen LogP contribution >= 0.6 is 27.3 Å². The predicted octanol–water partition coefficient (Wildman–Crippen LogP) is 4.50. The molecule has 0 spiro atoms. The Morgan fingerprint density at radius 1 is 1.21 bits per heavy atom. The standard InChI is InChI=1S/C18H11BrFN5O3S/c19-11-8-10(5-6-12(11)20)21-16(23-27)15-17(25-28-24-15)22-18(26)14-7-9-3-1-2-4-13(9)29-14/h1-8,27H,(H,21,23)(H,22,25,26). The lowest BCUT2D eigenvalue weighted by atomic mass is 10.2. The molecule has 0 aliphatic rings. The summed E-state index contributed by atoms with van der Waals surface area (Å²) in [6, 6.07) is 13.4. The fourth-order valence-corrected chi connectivity index (χ4v) is 3.83. The molecule has 0 unspecified atom stereocenters. The van der Waals surface area contributed by atoms with Crippen molar-refractivity contribution in [2.24, 2.45) is 4.99 Å². The molecule has 1 amide bonds. The molecule has 4 aromatic rings. The van der Waals surface area contributed by atoms with Crippen molar-refractivity contribution in [1.29, 1.82) is 0 Å². The van der Waals surface area contributed by atoms with Crippen molar-refractivity contribution >= 4 is 60.6 Å². The first-order valence-corrected chi connectivity index (χ1v) is 9.73. The van der Waals surface area contributed by atoms with Crippen molar-refractivity contribution in [3.05, 3.63) is 69.4 Å². The number of anilines is 1. The van der Waals surface area contributed by atoms with E-state index in [1.165, 1.54) is 29.5 Å². The van der Waals surface area contributed by atoms with Crippen molar-refractivity contribution < 1.29 is 19.0 Å². The molecule has 0 aliphatic carbocycles. The van der Waals surface area contributed by atoms with Crippen molar-refractivity contribution in [3.63, 3.8) is 0 Å². The zero-order valence-electron chi connectivity index (χ0n) is 14.4. The molecule has 0 saturated carbocycles. The highest BCUT2D eigenvalue weighted by atomic mass is 79.9. The molecule has 0 atom stereocenters. The molecule has 3 N–H and O–H groups in total. The smallest absolute Gasteiger partial charge is 0.267 e. The molecule has 8 nitrogen and oxygen atoms in total. The van der Waals surface area contributed by atoms with Crippen LogP contribution in [0, 0.1) is 5.82 Å². The fourth-order valence-electron chi connectivity index (χ4n) is 2.50. The minimum atomic E-state index is -0.457. The molecule has 0 fully saturated rings. The number of hydroxylamine groups is 1. The summed E-state index contributed by atoms with van der Waals surface area (Å²) < 4.78 is 19.3. The van der Waals surface area contributed by atoms with Gasteiger partial charge in [0, 0.05) is 4.70 Å². The lowest BCUT2D eigenvalue weighted by Crippen LogP contribution is -2.23. The SMILES string of the molecule is O=C(Nc1nonc1C(=Nc1ccc(F)c(Br)c1)NO)c1cc2ccccc2s1. The summed E-state index contributed by atoms with van der Waals surface area (Å²) in [7, 11) is 0. The quantitative estimate of drug-likeness (QED) is 0.227. The van der Waals surface area contributed by atoms with Crippen molar-refractivity contribution in [1.82, 2.24) is 15.8 Å². The molecule has 2 aromatic carbocycles. The van der Waals surface area contributed by atoms with Gasteiger partial charge >= 0.3 is 0 Å². The zero-order chi connectivity index (χ0) is 20.4. The van der Waals surface area contributed by atoms with Crippen molar-refractivity contribution in [2.75, 3.05) is 5.32 Å². The summed E-state index contributed by atoms with van der Waals surface area (Å²) in [6.45, 7) is 0. The van der Waals surface area contributed by atoms with Gasteiger partial charge in [-0.25, -0.2) is 14.0 Å². The minimum Gasteiger partial charge on any atom is -0.301 e. The number of fused-ring (bicyclic) bond motifs is 1. The number of thiophene rings is 1. The number of aliphatic imine (C=N–C) groups is 1. The van der Waals surface area contributed by atoms with Crippen molar-refractivity contribution in [2.45, 2.75) is 0 Å². The number of hydrogen-bond acceptors (Lipinski definition) is 7. The number of aromatic nitrogens is 2. The maximum atomic E-state index is 13.4. The van der Waals surface area contributed by atoms with Gasteiger partial charge < -0.3 is 5.32 Å². The number of benzene rings is 2. The number of hydrogen-bond donors (Lipinski definition) is 3. The van der Waals surface area contributed by atoms with Gasteiger partial charge in [-0.1, -0.05) is 18.2 Å². The van der Waals surface area contributed by atoms with Gasteiger partial charge in [0.2, 0.25) is 5.82 Å². The predicted molar refractivity (Wildman–Crippen MR) is 109 cm³/mol. The van der Waals surface area contributed by atoms with E-state index < -0.39 is 11.7 Å². The summed E-state index contributed by atoms with van der Waals surface area (Å²) >= 11 is 4.39. The number of halogens is 2. The molecule has 0 aliphatic heterocycles. The van der Waals surface area contributed by atoms with Crippen LogP contribution in [0.25, 0.3) is 10.1 Å². The highest BCUT2D eigenvalue weighted by molar-refractivity contribution is 9.10. The lowest BCUT2D eigenvalue weighted by Gasteiger charge is -2.04. The number of amidine groups is 1. The summed E-state index contributed by atoms with van der Waals surface area (Å²) in [4.78, 5) is 17.2. The number of amides is 1. The number of rotatable bonds is 4. The number of nitrogens with zero attached hydrogens (tertiary/aromatic N) is 3. The van der Waals surface area contributed by atoms with E-state index in [1.54, 1.807) is 6.07 Å². The van der Waals surface area contributed by atoms with Gasteiger partial charge in [0.15, 0.2) is 11.5 Å². The first kappa shape index (κ1) is 19.2. The van der Waals surface area contributed by atoms with E-state index in [-0.39, 0.29) is 21.8 Å². The Hall–Kier alpha value is -3.15. The number of nitrogens with one attached hydrogen (secondary N) is 2.